The van der Waals surface area contributed by atoms with E-state index in [2.05, 4.69) is 17.8 Å². The summed E-state index contributed by atoms with van der Waals surface area (Å²) in [6.45, 7) is 3.44. The number of hydrogen-bond donors (Lipinski definition) is 1. The highest BCUT2D eigenvalue weighted by atomic mass is 16.4. The van der Waals surface area contributed by atoms with Crippen LogP contribution in [0.3, 0.4) is 0 Å². The van der Waals surface area contributed by atoms with Gasteiger partial charge in [0.25, 0.3) is 0 Å². The molecule has 0 aliphatic rings. The molecule has 0 aromatic carbocycles. The van der Waals surface area contributed by atoms with E-state index in [0.717, 1.165) is 30.4 Å². The molecule has 0 atom stereocenters. The van der Waals surface area contributed by atoms with E-state index in [1.165, 1.54) is 6.08 Å². The van der Waals surface area contributed by atoms with Crippen molar-refractivity contribution in [1.82, 2.24) is 4.98 Å². The zero-order valence-electron chi connectivity index (χ0n) is 10.3. The molecule has 0 fully saturated rings. The van der Waals surface area contributed by atoms with Crippen molar-refractivity contribution in [1.29, 1.82) is 0 Å². The van der Waals surface area contributed by atoms with Gasteiger partial charge in [-0.3, -0.25) is 0 Å². The topological polar surface area (TPSA) is 53.4 Å². The maximum absolute atomic E-state index is 10.4. The molecule has 0 amide bonds. The molecule has 0 bridgehead atoms. The fraction of sp³-hybridized carbons (Fsp3) is 0.286. The lowest BCUT2D eigenvalue weighted by Gasteiger charge is -2.20. The van der Waals surface area contributed by atoms with Crippen molar-refractivity contribution in [2.75, 3.05) is 18.0 Å². The molecule has 0 unspecified atom stereocenters. The second-order valence-electron chi connectivity index (χ2n) is 3.75. The van der Waals surface area contributed by atoms with Gasteiger partial charge in [0, 0.05) is 18.8 Å². The number of rotatable bonds is 6. The van der Waals surface area contributed by atoms with Crippen LogP contribution in [0.15, 0.2) is 24.4 Å². The second-order valence-corrected chi connectivity index (χ2v) is 3.75. The predicted octanol–water partition coefficient (Wildman–Crippen LogP) is 2.03. The van der Waals surface area contributed by atoms with Crippen molar-refractivity contribution in [2.24, 2.45) is 0 Å². The van der Waals surface area contributed by atoms with Crippen molar-refractivity contribution in [3.8, 4) is 12.3 Å². The summed E-state index contributed by atoms with van der Waals surface area (Å²) < 4.78 is 0. The van der Waals surface area contributed by atoms with Crippen LogP contribution in [-0.4, -0.2) is 29.1 Å². The zero-order valence-corrected chi connectivity index (χ0v) is 10.3. The lowest BCUT2D eigenvalue weighted by atomic mass is 10.2. The molecule has 4 nitrogen and oxygen atoms in total. The number of nitrogens with zero attached hydrogens (tertiary/aromatic N) is 2. The third kappa shape index (κ3) is 4.30. The molecule has 1 aromatic rings. The first-order chi connectivity index (χ1) is 8.67. The molecule has 0 spiro atoms. The monoisotopic (exact) mass is 244 g/mol. The van der Waals surface area contributed by atoms with E-state index < -0.39 is 5.97 Å². The lowest BCUT2D eigenvalue weighted by Crippen LogP contribution is -2.25. The van der Waals surface area contributed by atoms with E-state index in [1.54, 1.807) is 6.20 Å². The maximum Gasteiger partial charge on any atom is 0.328 e. The quantitative estimate of drug-likeness (QED) is 0.614. The van der Waals surface area contributed by atoms with Crippen molar-refractivity contribution >= 4 is 17.9 Å². The Labute approximate surface area is 107 Å². The molecule has 1 aromatic heterocycles. The van der Waals surface area contributed by atoms with E-state index >= 15 is 0 Å². The molecule has 94 valence electrons. The zero-order chi connectivity index (χ0) is 13.4. The van der Waals surface area contributed by atoms with Gasteiger partial charge < -0.3 is 10.0 Å². The molecule has 18 heavy (non-hydrogen) atoms. The Morgan fingerprint density at radius 1 is 1.61 bits per heavy atom. The second kappa shape index (κ2) is 7.13. The minimum absolute atomic E-state index is 0.519. The summed E-state index contributed by atoms with van der Waals surface area (Å²) in [6.07, 6.45) is 10.5. The van der Waals surface area contributed by atoms with Gasteiger partial charge in [-0.15, -0.1) is 6.42 Å². The van der Waals surface area contributed by atoms with Crippen LogP contribution in [-0.2, 0) is 4.79 Å². The fourth-order valence-electron chi connectivity index (χ4n) is 1.51. The van der Waals surface area contributed by atoms with E-state index in [-0.39, 0.29) is 0 Å². The molecule has 0 aliphatic carbocycles. The first-order valence-corrected chi connectivity index (χ1v) is 5.72. The standard InChI is InChI=1S/C14H16N2O2/c1-3-9-16(10-4-2)13-7-5-12(11-15-13)6-8-14(17)18/h1,5-8,11H,4,9-10H2,2H3,(H,17,18)/b8-6+. The molecule has 0 saturated carbocycles. The molecule has 0 radical (unpaired) electrons. The largest absolute Gasteiger partial charge is 0.478 e. The van der Waals surface area contributed by atoms with Gasteiger partial charge >= 0.3 is 5.97 Å². The third-order valence-corrected chi connectivity index (χ3v) is 2.29. The van der Waals surface area contributed by atoms with Gasteiger partial charge in [-0.05, 0) is 30.2 Å². The molecule has 0 saturated heterocycles. The Morgan fingerprint density at radius 3 is 2.89 bits per heavy atom. The van der Waals surface area contributed by atoms with Gasteiger partial charge in [-0.25, -0.2) is 9.78 Å². The van der Waals surface area contributed by atoms with Crippen molar-refractivity contribution < 1.29 is 9.90 Å². The molecule has 4 heteroatoms. The summed E-state index contributed by atoms with van der Waals surface area (Å²) in [6, 6.07) is 3.66. The van der Waals surface area contributed by atoms with Gasteiger partial charge in [0.2, 0.25) is 0 Å². The highest BCUT2D eigenvalue weighted by molar-refractivity contribution is 5.85. The molecule has 1 rings (SSSR count). The Hall–Kier alpha value is -2.28. The molecular formula is C14H16N2O2. The number of aromatic nitrogens is 1. The van der Waals surface area contributed by atoms with Gasteiger partial charge in [0.15, 0.2) is 0 Å². The molecule has 0 aliphatic heterocycles. The number of carboxylic acids is 1. The normalized spacial score (nSPS) is 10.2. The predicted molar refractivity (Wildman–Crippen MR) is 72.2 cm³/mol. The number of pyridine rings is 1. The van der Waals surface area contributed by atoms with Crippen LogP contribution in [0.2, 0.25) is 0 Å². The van der Waals surface area contributed by atoms with Crippen LogP contribution in [0.25, 0.3) is 6.08 Å². The summed E-state index contributed by atoms with van der Waals surface area (Å²) >= 11 is 0. The van der Waals surface area contributed by atoms with Crippen molar-refractivity contribution in [2.45, 2.75) is 13.3 Å². The number of aliphatic carboxylic acids is 1. The summed E-state index contributed by atoms with van der Waals surface area (Å²) in [4.78, 5) is 16.7. The number of carboxylic acid groups (broad SMARTS) is 1. The Kier molecular flexibility index (Phi) is 5.46. The van der Waals surface area contributed by atoms with Crippen molar-refractivity contribution in [3.63, 3.8) is 0 Å². The van der Waals surface area contributed by atoms with E-state index in [0.29, 0.717) is 6.54 Å². The summed E-state index contributed by atoms with van der Waals surface area (Å²) in [5.74, 6) is 2.43. The lowest BCUT2D eigenvalue weighted by molar-refractivity contribution is -0.131. The van der Waals surface area contributed by atoms with Crippen LogP contribution >= 0.6 is 0 Å². The van der Waals surface area contributed by atoms with E-state index in [9.17, 15) is 4.79 Å². The number of carbonyl (C=O) groups is 1. The fourth-order valence-corrected chi connectivity index (χ4v) is 1.51. The SMILES string of the molecule is C#CCN(CCC)c1ccc(/C=C/C(=O)O)cn1. The minimum Gasteiger partial charge on any atom is -0.478 e. The van der Waals surface area contributed by atoms with Gasteiger partial charge in [0.1, 0.15) is 5.82 Å². The summed E-state index contributed by atoms with van der Waals surface area (Å²) in [5, 5.41) is 8.52. The average molecular weight is 244 g/mol. The number of anilines is 1. The Balaban J connectivity index is 2.80. The van der Waals surface area contributed by atoms with Crippen LogP contribution in [0.5, 0.6) is 0 Å². The summed E-state index contributed by atoms with van der Waals surface area (Å²) in [5.41, 5.74) is 0.748. The maximum atomic E-state index is 10.4. The minimum atomic E-state index is -0.973. The van der Waals surface area contributed by atoms with E-state index in [1.807, 2.05) is 17.0 Å². The number of hydrogen-bond acceptors (Lipinski definition) is 3. The number of terminal acetylenes is 1. The smallest absolute Gasteiger partial charge is 0.328 e. The summed E-state index contributed by atoms with van der Waals surface area (Å²) in [7, 11) is 0. The van der Waals surface area contributed by atoms with Crippen molar-refractivity contribution in [3.05, 3.63) is 30.0 Å². The Bertz CT molecular complexity index is 458. The molecule has 1 N–H and O–H groups in total. The highest BCUT2D eigenvalue weighted by Gasteiger charge is 2.04. The first kappa shape index (κ1) is 13.8. The first-order valence-electron chi connectivity index (χ1n) is 5.72. The van der Waals surface area contributed by atoms with Crippen LogP contribution in [0.1, 0.15) is 18.9 Å². The van der Waals surface area contributed by atoms with Crippen LogP contribution in [0, 0.1) is 12.3 Å². The van der Waals surface area contributed by atoms with Gasteiger partial charge in [-0.2, -0.15) is 0 Å². The van der Waals surface area contributed by atoms with Gasteiger partial charge in [0.05, 0.1) is 6.54 Å². The highest BCUT2D eigenvalue weighted by Crippen LogP contribution is 2.12. The molecule has 1 heterocycles. The van der Waals surface area contributed by atoms with Crippen LogP contribution in [0.4, 0.5) is 5.82 Å². The molecular weight excluding hydrogens is 228 g/mol. The third-order valence-electron chi connectivity index (χ3n) is 2.29. The van der Waals surface area contributed by atoms with E-state index in [4.69, 9.17) is 11.5 Å². The van der Waals surface area contributed by atoms with Gasteiger partial charge in [-0.1, -0.05) is 12.8 Å². The van der Waals surface area contributed by atoms with Crippen LogP contribution < -0.4 is 4.90 Å². The Morgan fingerprint density at radius 2 is 2.39 bits per heavy atom. The average Bonchev–Trinajstić information content (AvgIpc) is 2.37.